The van der Waals surface area contributed by atoms with Crippen molar-refractivity contribution in [2.24, 2.45) is 5.73 Å². The van der Waals surface area contributed by atoms with Crippen molar-refractivity contribution < 1.29 is 9.50 Å². The first kappa shape index (κ1) is 15.6. The number of aliphatic hydroxyl groups excluding tert-OH is 1. The van der Waals surface area contributed by atoms with Crippen LogP contribution in [0.1, 0.15) is 23.1 Å². The average molecular weight is 403 g/mol. The maximum absolute atomic E-state index is 13.3. The third-order valence-electron chi connectivity index (χ3n) is 3.22. The Labute approximate surface area is 134 Å². The standard InChI is InChI=1S/C15H14Br2FNO/c16-11-4-1-9(2-5-11)12(8-19)15(20)10-3-6-14(18)13(17)7-10/h1-7,12,15,20H,8,19H2. The van der Waals surface area contributed by atoms with Crippen LogP contribution in [-0.4, -0.2) is 11.7 Å². The van der Waals surface area contributed by atoms with Gasteiger partial charge in [-0.15, -0.1) is 0 Å². The van der Waals surface area contributed by atoms with Gasteiger partial charge in [-0.25, -0.2) is 4.39 Å². The highest BCUT2D eigenvalue weighted by Crippen LogP contribution is 2.32. The van der Waals surface area contributed by atoms with E-state index in [4.69, 9.17) is 5.73 Å². The molecular weight excluding hydrogens is 389 g/mol. The summed E-state index contributed by atoms with van der Waals surface area (Å²) in [6, 6.07) is 12.1. The monoisotopic (exact) mass is 401 g/mol. The van der Waals surface area contributed by atoms with Gasteiger partial charge >= 0.3 is 0 Å². The Morgan fingerprint density at radius 2 is 1.65 bits per heavy atom. The molecule has 0 heterocycles. The molecule has 106 valence electrons. The quantitative estimate of drug-likeness (QED) is 0.807. The van der Waals surface area contributed by atoms with Gasteiger partial charge < -0.3 is 10.8 Å². The lowest BCUT2D eigenvalue weighted by molar-refractivity contribution is 0.147. The van der Waals surface area contributed by atoms with E-state index in [2.05, 4.69) is 31.9 Å². The molecule has 0 amide bonds. The second-order valence-electron chi connectivity index (χ2n) is 4.51. The first-order valence-corrected chi connectivity index (χ1v) is 7.70. The highest BCUT2D eigenvalue weighted by molar-refractivity contribution is 9.10. The molecule has 2 rings (SSSR count). The van der Waals surface area contributed by atoms with E-state index in [-0.39, 0.29) is 11.7 Å². The van der Waals surface area contributed by atoms with Crippen LogP contribution in [0.2, 0.25) is 0 Å². The maximum atomic E-state index is 13.3. The molecule has 0 aliphatic carbocycles. The van der Waals surface area contributed by atoms with Crippen LogP contribution in [0.25, 0.3) is 0 Å². The van der Waals surface area contributed by atoms with E-state index in [1.54, 1.807) is 12.1 Å². The van der Waals surface area contributed by atoms with E-state index in [9.17, 15) is 9.50 Å². The van der Waals surface area contributed by atoms with Crippen molar-refractivity contribution in [1.29, 1.82) is 0 Å². The van der Waals surface area contributed by atoms with Crippen LogP contribution in [0.15, 0.2) is 51.4 Å². The van der Waals surface area contributed by atoms with Crippen LogP contribution >= 0.6 is 31.9 Å². The summed E-state index contributed by atoms with van der Waals surface area (Å²) in [5.41, 5.74) is 7.38. The summed E-state index contributed by atoms with van der Waals surface area (Å²) in [5, 5.41) is 10.5. The lowest BCUT2D eigenvalue weighted by Crippen LogP contribution is -2.20. The van der Waals surface area contributed by atoms with Crippen LogP contribution in [-0.2, 0) is 0 Å². The molecule has 0 aliphatic heterocycles. The number of benzene rings is 2. The molecule has 20 heavy (non-hydrogen) atoms. The van der Waals surface area contributed by atoms with Crippen molar-refractivity contribution >= 4 is 31.9 Å². The molecule has 0 bridgehead atoms. The van der Waals surface area contributed by atoms with Gasteiger partial charge in [0.05, 0.1) is 10.6 Å². The van der Waals surface area contributed by atoms with Crippen LogP contribution in [0.4, 0.5) is 4.39 Å². The normalized spacial score (nSPS) is 14.1. The molecule has 0 fully saturated rings. The Hall–Kier alpha value is -0.750. The minimum absolute atomic E-state index is 0.236. The van der Waals surface area contributed by atoms with Crippen LogP contribution in [0.3, 0.4) is 0 Å². The SMILES string of the molecule is NCC(c1ccc(Br)cc1)C(O)c1ccc(F)c(Br)c1. The number of nitrogens with two attached hydrogens (primary N) is 1. The maximum Gasteiger partial charge on any atom is 0.137 e. The summed E-state index contributed by atoms with van der Waals surface area (Å²) < 4.78 is 14.6. The van der Waals surface area contributed by atoms with Gasteiger partial charge in [-0.3, -0.25) is 0 Å². The van der Waals surface area contributed by atoms with E-state index in [1.807, 2.05) is 24.3 Å². The zero-order valence-corrected chi connectivity index (χ0v) is 13.7. The fraction of sp³-hybridized carbons (Fsp3) is 0.200. The summed E-state index contributed by atoms with van der Waals surface area (Å²) in [7, 11) is 0. The number of hydrogen-bond acceptors (Lipinski definition) is 2. The summed E-state index contributed by atoms with van der Waals surface area (Å²) in [6.45, 7) is 0.303. The lowest BCUT2D eigenvalue weighted by atomic mass is 9.89. The van der Waals surface area contributed by atoms with Crippen LogP contribution in [0, 0.1) is 5.82 Å². The van der Waals surface area contributed by atoms with Gasteiger partial charge in [-0.05, 0) is 51.3 Å². The van der Waals surface area contributed by atoms with E-state index >= 15 is 0 Å². The van der Waals surface area contributed by atoms with E-state index in [0.29, 0.717) is 16.6 Å². The Kier molecular flexibility index (Phi) is 5.32. The fourth-order valence-electron chi connectivity index (χ4n) is 2.09. The molecule has 0 radical (unpaired) electrons. The molecular formula is C15H14Br2FNO. The lowest BCUT2D eigenvalue weighted by Gasteiger charge is -2.22. The van der Waals surface area contributed by atoms with Gasteiger partial charge in [0.15, 0.2) is 0 Å². The number of hydrogen-bond donors (Lipinski definition) is 2. The van der Waals surface area contributed by atoms with Crippen LogP contribution in [0.5, 0.6) is 0 Å². The van der Waals surface area contributed by atoms with Crippen molar-refractivity contribution in [3.8, 4) is 0 Å². The van der Waals surface area contributed by atoms with Gasteiger partial charge in [0, 0.05) is 16.9 Å². The second kappa shape index (κ2) is 6.80. The van der Waals surface area contributed by atoms with E-state index < -0.39 is 6.10 Å². The molecule has 0 aliphatic rings. The van der Waals surface area contributed by atoms with Crippen molar-refractivity contribution in [1.82, 2.24) is 0 Å². The molecule has 5 heteroatoms. The predicted molar refractivity (Wildman–Crippen MR) is 85.0 cm³/mol. The molecule has 3 N–H and O–H groups in total. The van der Waals surface area contributed by atoms with Crippen molar-refractivity contribution in [3.05, 3.63) is 68.4 Å². The molecule has 0 aromatic heterocycles. The largest absolute Gasteiger partial charge is 0.388 e. The van der Waals surface area contributed by atoms with Gasteiger partial charge in [0.25, 0.3) is 0 Å². The molecule has 0 saturated heterocycles. The zero-order valence-electron chi connectivity index (χ0n) is 10.6. The molecule has 2 aromatic rings. The molecule has 2 atom stereocenters. The van der Waals surface area contributed by atoms with E-state index in [0.717, 1.165) is 10.0 Å². The Morgan fingerprint density at radius 1 is 1.05 bits per heavy atom. The van der Waals surface area contributed by atoms with Gasteiger partial charge in [0.2, 0.25) is 0 Å². The first-order chi connectivity index (χ1) is 9.52. The minimum Gasteiger partial charge on any atom is -0.388 e. The Balaban J connectivity index is 2.30. The van der Waals surface area contributed by atoms with Gasteiger partial charge in [0.1, 0.15) is 5.82 Å². The van der Waals surface area contributed by atoms with Gasteiger partial charge in [-0.1, -0.05) is 34.1 Å². The average Bonchev–Trinajstić information content (AvgIpc) is 2.44. The Bertz CT molecular complexity index is 589. The topological polar surface area (TPSA) is 46.2 Å². The highest BCUT2D eigenvalue weighted by atomic mass is 79.9. The summed E-state index contributed by atoms with van der Waals surface area (Å²) in [5.74, 6) is -0.589. The third kappa shape index (κ3) is 3.47. The second-order valence-corrected chi connectivity index (χ2v) is 6.28. The highest BCUT2D eigenvalue weighted by Gasteiger charge is 2.22. The fourth-order valence-corrected chi connectivity index (χ4v) is 2.75. The smallest absolute Gasteiger partial charge is 0.137 e. The Morgan fingerprint density at radius 3 is 2.20 bits per heavy atom. The molecule has 2 unspecified atom stereocenters. The van der Waals surface area contributed by atoms with Crippen molar-refractivity contribution in [2.75, 3.05) is 6.54 Å². The molecule has 0 spiro atoms. The molecule has 2 nitrogen and oxygen atoms in total. The number of aliphatic hydroxyl groups is 1. The predicted octanol–water partition coefficient (Wildman–Crippen LogP) is 4.13. The van der Waals surface area contributed by atoms with E-state index in [1.165, 1.54) is 6.07 Å². The third-order valence-corrected chi connectivity index (χ3v) is 4.35. The van der Waals surface area contributed by atoms with Gasteiger partial charge in [-0.2, -0.15) is 0 Å². The van der Waals surface area contributed by atoms with Crippen LogP contribution < -0.4 is 5.73 Å². The molecule has 0 saturated carbocycles. The zero-order chi connectivity index (χ0) is 14.7. The summed E-state index contributed by atoms with van der Waals surface area (Å²) in [4.78, 5) is 0. The number of rotatable bonds is 4. The summed E-state index contributed by atoms with van der Waals surface area (Å²) in [6.07, 6.45) is -0.780. The summed E-state index contributed by atoms with van der Waals surface area (Å²) >= 11 is 6.50. The minimum atomic E-state index is -0.780. The van der Waals surface area contributed by atoms with Crippen molar-refractivity contribution in [3.63, 3.8) is 0 Å². The molecule has 2 aromatic carbocycles. The van der Waals surface area contributed by atoms with Crippen molar-refractivity contribution in [2.45, 2.75) is 12.0 Å². The first-order valence-electron chi connectivity index (χ1n) is 6.11. The number of halogens is 3.